The maximum Gasteiger partial charge on any atom is 0.178 e. The highest BCUT2D eigenvalue weighted by atomic mass is 79.9. The van der Waals surface area contributed by atoms with Crippen LogP contribution in [0.2, 0.25) is 0 Å². The molecule has 0 N–H and O–H groups in total. The summed E-state index contributed by atoms with van der Waals surface area (Å²) in [5.41, 5.74) is 0.826. The fourth-order valence-electron chi connectivity index (χ4n) is 1.58. The molecule has 0 amide bonds. The van der Waals surface area contributed by atoms with Gasteiger partial charge in [0, 0.05) is 5.33 Å². The van der Waals surface area contributed by atoms with Crippen molar-refractivity contribution in [2.24, 2.45) is 5.92 Å². The van der Waals surface area contributed by atoms with Crippen molar-refractivity contribution in [1.82, 2.24) is 0 Å². The lowest BCUT2D eigenvalue weighted by Crippen LogP contribution is -2.17. The molecule has 90 valence electrons. The van der Waals surface area contributed by atoms with Gasteiger partial charge in [-0.05, 0) is 24.5 Å². The second-order valence-electron chi connectivity index (χ2n) is 3.98. The minimum Gasteiger partial charge on any atom is -0.224 e. The second-order valence-corrected chi connectivity index (χ2v) is 6.63. The van der Waals surface area contributed by atoms with Gasteiger partial charge in [-0.15, -0.1) is 0 Å². The molecule has 0 aliphatic heterocycles. The summed E-state index contributed by atoms with van der Waals surface area (Å²) in [6.07, 6.45) is 0.871. The van der Waals surface area contributed by atoms with Crippen molar-refractivity contribution >= 4 is 25.8 Å². The molecule has 1 aromatic rings. The van der Waals surface area contributed by atoms with Crippen LogP contribution in [0.25, 0.3) is 0 Å². The van der Waals surface area contributed by atoms with E-state index >= 15 is 0 Å². The Balaban J connectivity index is 2.99. The SMILES string of the molecule is CCC(CBr)CS(=O)(=O)c1ccccc1C. The zero-order valence-electron chi connectivity index (χ0n) is 9.61. The van der Waals surface area contributed by atoms with Gasteiger partial charge in [-0.25, -0.2) is 8.42 Å². The van der Waals surface area contributed by atoms with E-state index in [-0.39, 0.29) is 11.7 Å². The van der Waals surface area contributed by atoms with E-state index in [1.54, 1.807) is 12.1 Å². The first kappa shape index (κ1) is 13.7. The van der Waals surface area contributed by atoms with Crippen LogP contribution in [0.1, 0.15) is 18.9 Å². The van der Waals surface area contributed by atoms with Crippen molar-refractivity contribution in [2.75, 3.05) is 11.1 Å². The third kappa shape index (κ3) is 3.32. The van der Waals surface area contributed by atoms with E-state index in [4.69, 9.17) is 0 Å². The summed E-state index contributed by atoms with van der Waals surface area (Å²) in [6, 6.07) is 7.15. The lowest BCUT2D eigenvalue weighted by atomic mass is 10.2. The van der Waals surface area contributed by atoms with E-state index in [1.807, 2.05) is 26.0 Å². The second kappa shape index (κ2) is 5.82. The molecule has 0 heterocycles. The third-order valence-corrected chi connectivity index (χ3v) is 5.63. The molecule has 0 spiro atoms. The minimum atomic E-state index is -3.14. The number of alkyl halides is 1. The fraction of sp³-hybridized carbons (Fsp3) is 0.500. The first-order valence-electron chi connectivity index (χ1n) is 5.35. The van der Waals surface area contributed by atoms with Gasteiger partial charge >= 0.3 is 0 Å². The Bertz CT molecular complexity index is 436. The van der Waals surface area contributed by atoms with E-state index in [9.17, 15) is 8.42 Å². The van der Waals surface area contributed by atoms with Crippen molar-refractivity contribution in [3.63, 3.8) is 0 Å². The highest BCUT2D eigenvalue weighted by molar-refractivity contribution is 9.09. The predicted molar refractivity (Wildman–Crippen MR) is 70.8 cm³/mol. The molecule has 0 fully saturated rings. The molecule has 0 bridgehead atoms. The van der Waals surface area contributed by atoms with E-state index in [1.165, 1.54) is 0 Å². The number of halogens is 1. The molecule has 0 saturated heterocycles. The summed E-state index contributed by atoms with van der Waals surface area (Å²) < 4.78 is 24.3. The molecule has 1 unspecified atom stereocenters. The van der Waals surface area contributed by atoms with Crippen LogP contribution in [0.15, 0.2) is 29.2 Å². The van der Waals surface area contributed by atoms with Crippen LogP contribution in [0.4, 0.5) is 0 Å². The van der Waals surface area contributed by atoms with E-state index in [0.29, 0.717) is 4.90 Å². The zero-order chi connectivity index (χ0) is 12.2. The van der Waals surface area contributed by atoms with Crippen LogP contribution >= 0.6 is 15.9 Å². The summed E-state index contributed by atoms with van der Waals surface area (Å²) in [7, 11) is -3.14. The molecular weight excluding hydrogens is 288 g/mol. The van der Waals surface area contributed by atoms with Gasteiger partial charge in [0.05, 0.1) is 10.6 Å². The Hall–Kier alpha value is -0.350. The normalized spacial score (nSPS) is 13.7. The van der Waals surface area contributed by atoms with Crippen molar-refractivity contribution in [1.29, 1.82) is 0 Å². The summed E-state index contributed by atoms with van der Waals surface area (Å²) in [4.78, 5) is 0.467. The molecule has 0 aliphatic rings. The predicted octanol–water partition coefficient (Wildman–Crippen LogP) is 3.19. The van der Waals surface area contributed by atoms with Crippen molar-refractivity contribution in [3.8, 4) is 0 Å². The number of rotatable bonds is 5. The number of hydrogen-bond acceptors (Lipinski definition) is 2. The van der Waals surface area contributed by atoms with Gasteiger partial charge < -0.3 is 0 Å². The average Bonchev–Trinajstić information content (AvgIpc) is 2.26. The number of benzene rings is 1. The lowest BCUT2D eigenvalue weighted by molar-refractivity contribution is 0.568. The Morgan fingerprint density at radius 2 is 1.94 bits per heavy atom. The Kier molecular flexibility index (Phi) is 4.99. The van der Waals surface area contributed by atoms with Crippen LogP contribution in [-0.4, -0.2) is 19.5 Å². The largest absolute Gasteiger partial charge is 0.224 e. The molecule has 4 heteroatoms. The molecule has 0 radical (unpaired) electrons. The van der Waals surface area contributed by atoms with Crippen LogP contribution in [0, 0.1) is 12.8 Å². The number of sulfone groups is 1. The smallest absolute Gasteiger partial charge is 0.178 e. The van der Waals surface area contributed by atoms with Crippen LogP contribution < -0.4 is 0 Å². The first-order valence-corrected chi connectivity index (χ1v) is 8.13. The lowest BCUT2D eigenvalue weighted by Gasteiger charge is -2.13. The van der Waals surface area contributed by atoms with Gasteiger partial charge in [0.1, 0.15) is 0 Å². The minimum absolute atomic E-state index is 0.185. The van der Waals surface area contributed by atoms with Gasteiger partial charge in [-0.1, -0.05) is 47.5 Å². The monoisotopic (exact) mass is 304 g/mol. The quantitative estimate of drug-likeness (QED) is 0.783. The number of hydrogen-bond donors (Lipinski definition) is 0. The van der Waals surface area contributed by atoms with Crippen LogP contribution in [0.3, 0.4) is 0 Å². The Labute approximate surface area is 106 Å². The highest BCUT2D eigenvalue weighted by Crippen LogP contribution is 2.20. The number of aryl methyl sites for hydroxylation is 1. The molecule has 16 heavy (non-hydrogen) atoms. The van der Waals surface area contributed by atoms with E-state index < -0.39 is 9.84 Å². The Morgan fingerprint density at radius 3 is 2.44 bits per heavy atom. The third-order valence-electron chi connectivity index (χ3n) is 2.68. The standard InChI is InChI=1S/C12H17BrO2S/c1-3-11(8-13)9-16(14,15)12-7-5-4-6-10(12)2/h4-7,11H,3,8-9H2,1-2H3. The van der Waals surface area contributed by atoms with Crippen LogP contribution in [0.5, 0.6) is 0 Å². The maximum atomic E-state index is 12.2. The summed E-state index contributed by atoms with van der Waals surface area (Å²) in [5, 5.41) is 0.731. The van der Waals surface area contributed by atoms with Gasteiger partial charge in [-0.3, -0.25) is 0 Å². The summed E-state index contributed by atoms with van der Waals surface area (Å²) in [5.74, 6) is 0.407. The first-order chi connectivity index (χ1) is 7.51. The van der Waals surface area contributed by atoms with Gasteiger partial charge in [0.15, 0.2) is 9.84 Å². The van der Waals surface area contributed by atoms with Gasteiger partial charge in [-0.2, -0.15) is 0 Å². The topological polar surface area (TPSA) is 34.1 Å². The van der Waals surface area contributed by atoms with Gasteiger partial charge in [0.2, 0.25) is 0 Å². The molecule has 1 aromatic carbocycles. The summed E-state index contributed by atoms with van der Waals surface area (Å²) in [6.45, 7) is 3.85. The molecular formula is C12H17BrO2S. The van der Waals surface area contributed by atoms with E-state index in [0.717, 1.165) is 17.3 Å². The molecule has 0 aromatic heterocycles. The molecule has 1 rings (SSSR count). The van der Waals surface area contributed by atoms with Gasteiger partial charge in [0.25, 0.3) is 0 Å². The maximum absolute atomic E-state index is 12.2. The average molecular weight is 305 g/mol. The zero-order valence-corrected chi connectivity index (χ0v) is 12.0. The highest BCUT2D eigenvalue weighted by Gasteiger charge is 2.20. The van der Waals surface area contributed by atoms with E-state index in [2.05, 4.69) is 15.9 Å². The Morgan fingerprint density at radius 1 is 1.31 bits per heavy atom. The van der Waals surface area contributed by atoms with Crippen LogP contribution in [-0.2, 0) is 9.84 Å². The molecule has 0 aliphatic carbocycles. The molecule has 2 nitrogen and oxygen atoms in total. The molecule has 1 atom stereocenters. The summed E-state index contributed by atoms with van der Waals surface area (Å²) >= 11 is 3.36. The van der Waals surface area contributed by atoms with Crippen molar-refractivity contribution < 1.29 is 8.42 Å². The fourth-order valence-corrected chi connectivity index (χ4v) is 4.56. The van der Waals surface area contributed by atoms with Crippen molar-refractivity contribution in [2.45, 2.75) is 25.2 Å². The molecule has 0 saturated carbocycles. The van der Waals surface area contributed by atoms with Crippen molar-refractivity contribution in [3.05, 3.63) is 29.8 Å².